The predicted molar refractivity (Wildman–Crippen MR) is 59.4 cm³/mol. The largest absolute Gasteiger partial charge is 0.493 e. The van der Waals surface area contributed by atoms with Crippen LogP contribution in [0.4, 0.5) is 0 Å². The zero-order valence-electron chi connectivity index (χ0n) is 9.45. The van der Waals surface area contributed by atoms with Crippen molar-refractivity contribution in [1.29, 1.82) is 0 Å². The van der Waals surface area contributed by atoms with Crippen LogP contribution < -0.4 is 16.2 Å². The molecule has 5 heteroatoms. The van der Waals surface area contributed by atoms with Crippen LogP contribution in [-0.2, 0) is 9.63 Å². The molecular weight excluding hydrogens is 208 g/mol. The molecule has 0 saturated heterocycles. The lowest BCUT2D eigenvalue weighted by molar-refractivity contribution is -0.151. The van der Waals surface area contributed by atoms with E-state index in [9.17, 15) is 4.79 Å². The molecule has 0 aliphatic rings. The quantitative estimate of drug-likeness (QED) is 0.576. The van der Waals surface area contributed by atoms with Crippen molar-refractivity contribution in [2.24, 2.45) is 5.84 Å². The van der Waals surface area contributed by atoms with E-state index in [-0.39, 0.29) is 13.0 Å². The summed E-state index contributed by atoms with van der Waals surface area (Å²) >= 11 is 0. The van der Waals surface area contributed by atoms with Gasteiger partial charge in [-0.15, -0.1) is 0 Å². The summed E-state index contributed by atoms with van der Waals surface area (Å²) in [5, 5.41) is 0. The average molecular weight is 224 g/mol. The zero-order chi connectivity index (χ0) is 12.0. The number of hydrazine groups is 1. The molecule has 0 unspecified atom stereocenters. The molecule has 0 heterocycles. The second-order valence-corrected chi connectivity index (χ2v) is 3.46. The van der Waals surface area contributed by atoms with E-state index in [2.05, 4.69) is 4.84 Å². The summed E-state index contributed by atoms with van der Waals surface area (Å²) in [6, 6.07) is 5.87. The second kappa shape index (κ2) is 6.09. The Bertz CT molecular complexity index is 366. The number of carbonyl (C=O) groups excluding carboxylic acids is 1. The number of benzene rings is 1. The Morgan fingerprint density at radius 2 is 2.19 bits per heavy atom. The van der Waals surface area contributed by atoms with Gasteiger partial charge in [0.1, 0.15) is 5.75 Å². The van der Waals surface area contributed by atoms with E-state index < -0.39 is 5.97 Å². The summed E-state index contributed by atoms with van der Waals surface area (Å²) in [6.45, 7) is 4.24. The van der Waals surface area contributed by atoms with Gasteiger partial charge in [-0.1, -0.05) is 23.3 Å². The Labute approximate surface area is 94.5 Å². The molecule has 3 N–H and O–H groups in total. The van der Waals surface area contributed by atoms with Crippen LogP contribution in [0, 0.1) is 13.8 Å². The van der Waals surface area contributed by atoms with Gasteiger partial charge >= 0.3 is 5.97 Å². The topological polar surface area (TPSA) is 73.6 Å². The van der Waals surface area contributed by atoms with E-state index in [1.807, 2.05) is 37.6 Å². The number of hydrogen-bond donors (Lipinski definition) is 2. The van der Waals surface area contributed by atoms with Crippen molar-refractivity contribution in [3.63, 3.8) is 0 Å². The van der Waals surface area contributed by atoms with Crippen LogP contribution in [0.15, 0.2) is 18.2 Å². The maximum absolute atomic E-state index is 10.9. The van der Waals surface area contributed by atoms with Crippen LogP contribution >= 0.6 is 0 Å². The highest BCUT2D eigenvalue weighted by Gasteiger charge is 2.04. The lowest BCUT2D eigenvalue weighted by Crippen LogP contribution is -2.26. The third-order valence-corrected chi connectivity index (χ3v) is 2.07. The summed E-state index contributed by atoms with van der Waals surface area (Å²) in [4.78, 5) is 15.3. The van der Waals surface area contributed by atoms with Gasteiger partial charge in [0.15, 0.2) is 0 Å². The standard InChI is InChI=1S/C11H16N2O3/c1-8-3-4-10(9(2)7-8)15-6-5-11(14)16-13-12/h3-4,7,13H,5-6,12H2,1-2H3. The van der Waals surface area contributed by atoms with Crippen molar-refractivity contribution < 1.29 is 14.4 Å². The molecule has 0 atom stereocenters. The molecule has 0 radical (unpaired) electrons. The van der Waals surface area contributed by atoms with E-state index >= 15 is 0 Å². The monoisotopic (exact) mass is 224 g/mol. The van der Waals surface area contributed by atoms with E-state index in [4.69, 9.17) is 10.6 Å². The van der Waals surface area contributed by atoms with Crippen molar-refractivity contribution in [2.45, 2.75) is 20.3 Å². The maximum atomic E-state index is 10.9. The van der Waals surface area contributed by atoms with Gasteiger partial charge in [0, 0.05) is 0 Å². The number of nitrogens with two attached hydrogens (primary N) is 1. The minimum atomic E-state index is -0.452. The van der Waals surface area contributed by atoms with Gasteiger partial charge in [-0.05, 0) is 25.5 Å². The normalized spacial score (nSPS) is 9.94. The summed E-state index contributed by atoms with van der Waals surface area (Å²) in [7, 11) is 0. The van der Waals surface area contributed by atoms with E-state index in [0.717, 1.165) is 11.3 Å². The van der Waals surface area contributed by atoms with Crippen LogP contribution in [0.2, 0.25) is 0 Å². The number of aryl methyl sites for hydroxylation is 2. The Hall–Kier alpha value is -1.59. The number of rotatable bonds is 5. The van der Waals surface area contributed by atoms with Crippen molar-refractivity contribution in [2.75, 3.05) is 6.61 Å². The Morgan fingerprint density at radius 3 is 2.81 bits per heavy atom. The first-order valence-electron chi connectivity index (χ1n) is 4.99. The molecule has 88 valence electrons. The minimum absolute atomic E-state index is 0.150. The summed E-state index contributed by atoms with van der Waals surface area (Å²) in [5.74, 6) is 5.14. The fourth-order valence-corrected chi connectivity index (χ4v) is 1.32. The highest BCUT2D eigenvalue weighted by molar-refractivity contribution is 5.69. The first-order valence-corrected chi connectivity index (χ1v) is 4.99. The number of nitrogens with one attached hydrogen (secondary N) is 1. The molecule has 16 heavy (non-hydrogen) atoms. The fraction of sp³-hybridized carbons (Fsp3) is 0.364. The van der Waals surface area contributed by atoms with Crippen molar-refractivity contribution >= 4 is 5.97 Å². The van der Waals surface area contributed by atoms with Gasteiger partial charge in [0.2, 0.25) is 0 Å². The van der Waals surface area contributed by atoms with Crippen LogP contribution in [0.25, 0.3) is 0 Å². The number of hydrogen-bond acceptors (Lipinski definition) is 5. The van der Waals surface area contributed by atoms with Crippen molar-refractivity contribution in [1.82, 2.24) is 5.59 Å². The van der Waals surface area contributed by atoms with Gasteiger partial charge in [-0.2, -0.15) is 0 Å². The van der Waals surface area contributed by atoms with Crippen molar-refractivity contribution in [3.05, 3.63) is 29.3 Å². The highest BCUT2D eigenvalue weighted by atomic mass is 16.7. The summed E-state index contributed by atoms with van der Waals surface area (Å²) in [6.07, 6.45) is 0.150. The maximum Gasteiger partial charge on any atom is 0.329 e. The lowest BCUT2D eigenvalue weighted by Gasteiger charge is -2.09. The number of carbonyl (C=O) groups is 1. The molecule has 0 bridgehead atoms. The average Bonchev–Trinajstić information content (AvgIpc) is 2.22. The van der Waals surface area contributed by atoms with Gasteiger partial charge in [-0.25, -0.2) is 5.84 Å². The van der Waals surface area contributed by atoms with Crippen molar-refractivity contribution in [3.8, 4) is 5.75 Å². The van der Waals surface area contributed by atoms with Crippen LogP contribution in [0.1, 0.15) is 17.5 Å². The molecule has 0 spiro atoms. The van der Waals surface area contributed by atoms with E-state index in [0.29, 0.717) is 0 Å². The molecule has 0 saturated carbocycles. The second-order valence-electron chi connectivity index (χ2n) is 3.46. The molecule has 0 fully saturated rings. The highest BCUT2D eigenvalue weighted by Crippen LogP contribution is 2.18. The van der Waals surface area contributed by atoms with E-state index in [1.165, 1.54) is 5.56 Å². The lowest BCUT2D eigenvalue weighted by atomic mass is 10.1. The summed E-state index contributed by atoms with van der Waals surface area (Å²) in [5.41, 5.74) is 4.05. The predicted octanol–water partition coefficient (Wildman–Crippen LogP) is 0.994. The first kappa shape index (κ1) is 12.5. The van der Waals surface area contributed by atoms with E-state index in [1.54, 1.807) is 0 Å². The van der Waals surface area contributed by atoms with Crippen LogP contribution in [-0.4, -0.2) is 12.6 Å². The van der Waals surface area contributed by atoms with Gasteiger partial charge in [0.25, 0.3) is 0 Å². The molecular formula is C11H16N2O3. The third-order valence-electron chi connectivity index (χ3n) is 2.07. The van der Waals surface area contributed by atoms with Gasteiger partial charge in [0.05, 0.1) is 13.0 Å². The Balaban J connectivity index is 2.40. The molecule has 0 aromatic heterocycles. The molecule has 0 amide bonds. The minimum Gasteiger partial charge on any atom is -0.493 e. The molecule has 1 aromatic rings. The molecule has 0 aliphatic heterocycles. The molecule has 1 aromatic carbocycles. The first-order chi connectivity index (χ1) is 7.63. The fourth-order valence-electron chi connectivity index (χ4n) is 1.32. The van der Waals surface area contributed by atoms with Crippen LogP contribution in [0.3, 0.4) is 0 Å². The zero-order valence-corrected chi connectivity index (χ0v) is 9.45. The molecule has 0 aliphatic carbocycles. The summed E-state index contributed by atoms with van der Waals surface area (Å²) < 4.78 is 5.44. The Morgan fingerprint density at radius 1 is 1.44 bits per heavy atom. The third kappa shape index (κ3) is 3.88. The van der Waals surface area contributed by atoms with Gasteiger partial charge in [-0.3, -0.25) is 4.79 Å². The SMILES string of the molecule is Cc1ccc(OCCC(=O)ONN)c(C)c1. The molecule has 1 rings (SSSR count). The van der Waals surface area contributed by atoms with Gasteiger partial charge < -0.3 is 9.57 Å². The smallest absolute Gasteiger partial charge is 0.329 e. The molecule has 5 nitrogen and oxygen atoms in total. The van der Waals surface area contributed by atoms with Crippen LogP contribution in [0.5, 0.6) is 5.75 Å². The number of ether oxygens (including phenoxy) is 1. The Kier molecular flexibility index (Phi) is 4.75.